The average molecular weight is 438 g/mol. The minimum atomic E-state index is -1.67. The van der Waals surface area contributed by atoms with E-state index in [-0.39, 0.29) is 41.5 Å². The number of primary amides is 1. The van der Waals surface area contributed by atoms with E-state index in [1.165, 1.54) is 0 Å². The monoisotopic (exact) mass is 437 g/mol. The quantitative estimate of drug-likeness (QED) is 0.689. The molecule has 1 aliphatic heterocycles. The van der Waals surface area contributed by atoms with Crippen LogP contribution in [0.3, 0.4) is 0 Å². The smallest absolute Gasteiger partial charge is 0.235 e. The van der Waals surface area contributed by atoms with Gasteiger partial charge < -0.3 is 10.6 Å². The number of Topliss-reactive ketones (excluding diaryl/α,β-unsaturated/α-hetero) is 1. The van der Waals surface area contributed by atoms with Gasteiger partial charge in [0.25, 0.3) is 0 Å². The Morgan fingerprint density at radius 2 is 2.00 bits per heavy atom. The first-order valence-corrected chi connectivity index (χ1v) is 10.6. The van der Waals surface area contributed by atoms with E-state index in [4.69, 9.17) is 5.73 Å². The van der Waals surface area contributed by atoms with Gasteiger partial charge in [-0.1, -0.05) is 49.0 Å². The zero-order valence-corrected chi connectivity index (χ0v) is 17.7. The summed E-state index contributed by atoms with van der Waals surface area (Å²) >= 11 is 1.02. The second kappa shape index (κ2) is 9.59. The van der Waals surface area contributed by atoms with Crippen LogP contribution in [-0.2, 0) is 16.0 Å². The Morgan fingerprint density at radius 1 is 1.32 bits per heavy atom. The number of thioether (sulfide) groups is 1. The number of carbonyl (C=O) groups is 2. The molecule has 1 aromatic heterocycles. The predicted molar refractivity (Wildman–Crippen MR) is 114 cm³/mol. The molecule has 2 aromatic rings. The summed E-state index contributed by atoms with van der Waals surface area (Å²) < 4.78 is 14.1. The highest BCUT2D eigenvalue weighted by Crippen LogP contribution is 2.39. The molecule has 3 rings (SSSR count). The Bertz CT molecular complexity index is 1090. The fourth-order valence-electron chi connectivity index (χ4n) is 3.51. The third-order valence-electron chi connectivity index (χ3n) is 5.07. The summed E-state index contributed by atoms with van der Waals surface area (Å²) in [6.07, 6.45) is -1.29. The van der Waals surface area contributed by atoms with E-state index in [1.807, 2.05) is 6.07 Å². The average Bonchev–Trinajstić information content (AvgIpc) is 2.78. The molecule has 1 fully saturated rings. The molecule has 0 bridgehead atoms. The van der Waals surface area contributed by atoms with Crippen molar-refractivity contribution in [2.45, 2.75) is 36.2 Å². The van der Waals surface area contributed by atoms with Crippen LogP contribution in [0.4, 0.5) is 10.2 Å². The molecule has 7 nitrogen and oxygen atoms in total. The zero-order valence-electron chi connectivity index (χ0n) is 16.8. The van der Waals surface area contributed by atoms with Gasteiger partial charge in [0.2, 0.25) is 5.91 Å². The van der Waals surface area contributed by atoms with Crippen molar-refractivity contribution in [1.29, 1.82) is 10.5 Å². The Kier molecular flexibility index (Phi) is 6.88. The Hall–Kier alpha value is -3.43. The number of amides is 1. The molecule has 0 radical (unpaired) electrons. The summed E-state index contributed by atoms with van der Waals surface area (Å²) in [6, 6.07) is 13.1. The van der Waals surface area contributed by atoms with E-state index >= 15 is 0 Å². The van der Waals surface area contributed by atoms with Crippen LogP contribution >= 0.6 is 11.8 Å². The molecule has 1 amide bonds. The van der Waals surface area contributed by atoms with E-state index in [2.05, 4.69) is 17.1 Å². The SMILES string of the molecule is CCc1c(C#N)c(SC(C(N)=O)c2ccccc2)nc(N2CCC(=O)C(F)C2)c1C#N. The van der Waals surface area contributed by atoms with E-state index in [0.29, 0.717) is 17.5 Å². The molecule has 9 heteroatoms. The molecule has 2 heterocycles. The number of halogens is 1. The van der Waals surface area contributed by atoms with E-state index in [1.54, 1.807) is 36.1 Å². The van der Waals surface area contributed by atoms with Crippen molar-refractivity contribution in [3.8, 4) is 12.1 Å². The molecule has 1 saturated heterocycles. The first kappa shape index (κ1) is 22.3. The molecule has 2 atom stereocenters. The van der Waals surface area contributed by atoms with Crippen molar-refractivity contribution in [2.75, 3.05) is 18.0 Å². The van der Waals surface area contributed by atoms with Gasteiger partial charge in [-0.05, 0) is 17.5 Å². The number of nitrogens with zero attached hydrogens (tertiary/aromatic N) is 4. The van der Waals surface area contributed by atoms with Crippen molar-refractivity contribution in [3.05, 3.63) is 52.6 Å². The van der Waals surface area contributed by atoms with Crippen molar-refractivity contribution < 1.29 is 14.0 Å². The van der Waals surface area contributed by atoms with E-state index in [0.717, 1.165) is 11.8 Å². The molecule has 2 unspecified atom stereocenters. The number of nitrogens with two attached hydrogens (primary N) is 1. The summed E-state index contributed by atoms with van der Waals surface area (Å²) in [6.45, 7) is 1.81. The van der Waals surface area contributed by atoms with Crippen LogP contribution in [0.5, 0.6) is 0 Å². The summed E-state index contributed by atoms with van der Waals surface area (Å²) in [5.74, 6) is -0.864. The molecule has 1 aliphatic rings. The third-order valence-corrected chi connectivity index (χ3v) is 6.33. The predicted octanol–water partition coefficient (Wildman–Crippen LogP) is 2.82. The van der Waals surface area contributed by atoms with Crippen LogP contribution in [0.2, 0.25) is 0 Å². The molecule has 1 aromatic carbocycles. The normalized spacial score (nSPS) is 17.0. The lowest BCUT2D eigenvalue weighted by atomic mass is 10.0. The summed E-state index contributed by atoms with van der Waals surface area (Å²) in [5, 5.41) is 19.0. The number of benzene rings is 1. The highest BCUT2D eigenvalue weighted by molar-refractivity contribution is 8.00. The molecule has 0 spiro atoms. The standard InChI is InChI=1S/C22H20FN5O2S/c1-2-14-15(10-24)21(28-9-8-18(29)17(23)12-28)27-22(16(14)11-25)31-19(20(26)30)13-6-4-3-5-7-13/h3-7,17,19H,2,8-9,12H2,1H3,(H2,26,30). The Morgan fingerprint density at radius 3 is 2.55 bits per heavy atom. The summed E-state index contributed by atoms with van der Waals surface area (Å²) in [4.78, 5) is 29.9. The number of nitriles is 2. The number of hydrogen-bond acceptors (Lipinski definition) is 7. The zero-order chi connectivity index (χ0) is 22.5. The number of ketones is 1. The second-order valence-electron chi connectivity index (χ2n) is 6.99. The minimum absolute atomic E-state index is 0.00553. The molecule has 0 aliphatic carbocycles. The number of pyridine rings is 1. The highest BCUT2D eigenvalue weighted by Gasteiger charge is 2.32. The number of carbonyl (C=O) groups excluding carboxylic acids is 2. The van der Waals surface area contributed by atoms with Gasteiger partial charge in [-0.25, -0.2) is 9.37 Å². The van der Waals surface area contributed by atoms with Gasteiger partial charge in [0.05, 0.1) is 17.7 Å². The van der Waals surface area contributed by atoms with Crippen LogP contribution in [-0.4, -0.2) is 35.9 Å². The Balaban J connectivity index is 2.13. The lowest BCUT2D eigenvalue weighted by molar-refractivity contribution is -0.124. The van der Waals surface area contributed by atoms with Gasteiger partial charge in [0.15, 0.2) is 12.0 Å². The van der Waals surface area contributed by atoms with Crippen LogP contribution in [0.15, 0.2) is 35.4 Å². The van der Waals surface area contributed by atoms with Crippen LogP contribution in [0.25, 0.3) is 0 Å². The number of aromatic nitrogens is 1. The van der Waals surface area contributed by atoms with Gasteiger partial charge in [0, 0.05) is 13.0 Å². The van der Waals surface area contributed by atoms with Gasteiger partial charge in [-0.2, -0.15) is 10.5 Å². The lowest BCUT2D eigenvalue weighted by Crippen LogP contribution is -2.43. The molecule has 2 N–H and O–H groups in total. The van der Waals surface area contributed by atoms with Gasteiger partial charge in [-0.15, -0.1) is 0 Å². The molecule has 158 valence electrons. The second-order valence-corrected chi connectivity index (χ2v) is 8.08. The molecular weight excluding hydrogens is 417 g/mol. The highest BCUT2D eigenvalue weighted by atomic mass is 32.2. The van der Waals surface area contributed by atoms with Gasteiger partial charge in [0.1, 0.15) is 28.2 Å². The molecule has 31 heavy (non-hydrogen) atoms. The van der Waals surface area contributed by atoms with Crippen LogP contribution < -0.4 is 10.6 Å². The molecule has 0 saturated carbocycles. The lowest BCUT2D eigenvalue weighted by Gasteiger charge is -2.31. The van der Waals surface area contributed by atoms with Gasteiger partial charge >= 0.3 is 0 Å². The summed E-state index contributed by atoms with van der Waals surface area (Å²) in [5.41, 5.74) is 7.13. The third kappa shape index (κ3) is 4.52. The first-order valence-electron chi connectivity index (χ1n) is 9.70. The summed E-state index contributed by atoms with van der Waals surface area (Å²) in [7, 11) is 0. The first-order chi connectivity index (χ1) is 14.9. The fraction of sp³-hybridized carbons (Fsp3) is 0.318. The Labute approximate surface area is 183 Å². The van der Waals surface area contributed by atoms with Crippen LogP contribution in [0.1, 0.15) is 40.8 Å². The van der Waals surface area contributed by atoms with Crippen molar-refractivity contribution >= 4 is 29.3 Å². The minimum Gasteiger partial charge on any atom is -0.368 e. The van der Waals surface area contributed by atoms with Crippen molar-refractivity contribution in [2.24, 2.45) is 5.73 Å². The number of hydrogen-bond donors (Lipinski definition) is 1. The maximum absolute atomic E-state index is 14.1. The number of anilines is 1. The number of piperidine rings is 1. The topological polar surface area (TPSA) is 124 Å². The number of alkyl halides is 1. The maximum atomic E-state index is 14.1. The van der Waals surface area contributed by atoms with Gasteiger partial charge in [-0.3, -0.25) is 9.59 Å². The fourth-order valence-corrected chi connectivity index (χ4v) is 4.57. The van der Waals surface area contributed by atoms with Crippen LogP contribution in [0, 0.1) is 22.7 Å². The maximum Gasteiger partial charge on any atom is 0.235 e. The largest absolute Gasteiger partial charge is 0.368 e. The van der Waals surface area contributed by atoms with Crippen molar-refractivity contribution in [1.82, 2.24) is 4.98 Å². The van der Waals surface area contributed by atoms with Crippen molar-refractivity contribution in [3.63, 3.8) is 0 Å². The van der Waals surface area contributed by atoms with E-state index < -0.39 is 23.1 Å². The number of rotatable bonds is 6. The molecular formula is C22H20FN5O2S. The van der Waals surface area contributed by atoms with E-state index in [9.17, 15) is 24.5 Å².